The fraction of sp³-hybridized carbons (Fsp3) is 0.583. The molecule has 0 spiro atoms. The minimum Gasteiger partial charge on any atom is -0.356 e. The van der Waals surface area contributed by atoms with E-state index in [4.69, 9.17) is 11.6 Å². The predicted molar refractivity (Wildman–Crippen MR) is 67.7 cm³/mol. The van der Waals surface area contributed by atoms with Crippen LogP contribution in [0.3, 0.4) is 0 Å². The monoisotopic (exact) mass is 253 g/mol. The summed E-state index contributed by atoms with van der Waals surface area (Å²) in [5.41, 5.74) is 0.408. The van der Waals surface area contributed by atoms with Gasteiger partial charge in [0.2, 0.25) is 0 Å². The summed E-state index contributed by atoms with van der Waals surface area (Å²) in [5.74, 6) is 1.36. The summed E-state index contributed by atoms with van der Waals surface area (Å²) in [6.45, 7) is 4.08. The van der Waals surface area contributed by atoms with E-state index in [-0.39, 0.29) is 5.15 Å². The van der Waals surface area contributed by atoms with Gasteiger partial charge in [-0.3, -0.25) is 4.79 Å². The van der Waals surface area contributed by atoms with Crippen LogP contribution in [0, 0.1) is 5.92 Å². The van der Waals surface area contributed by atoms with E-state index in [9.17, 15) is 4.79 Å². The third kappa shape index (κ3) is 2.57. The van der Waals surface area contributed by atoms with E-state index in [1.54, 1.807) is 0 Å². The molecule has 0 N–H and O–H groups in total. The molecule has 17 heavy (non-hydrogen) atoms. The van der Waals surface area contributed by atoms with Crippen LogP contribution in [0.5, 0.6) is 0 Å². The van der Waals surface area contributed by atoms with Gasteiger partial charge >= 0.3 is 0 Å². The second-order valence-corrected chi connectivity index (χ2v) is 4.74. The normalized spacial score (nSPS) is 20.4. The largest absolute Gasteiger partial charge is 0.356 e. The molecule has 5 heteroatoms. The van der Waals surface area contributed by atoms with Gasteiger partial charge in [0.1, 0.15) is 17.3 Å². The highest BCUT2D eigenvalue weighted by Crippen LogP contribution is 2.27. The molecule has 1 aromatic rings. The summed E-state index contributed by atoms with van der Waals surface area (Å²) < 4.78 is 0. The van der Waals surface area contributed by atoms with Gasteiger partial charge < -0.3 is 4.90 Å². The summed E-state index contributed by atoms with van der Waals surface area (Å²) >= 11 is 5.91. The molecule has 0 radical (unpaired) electrons. The lowest BCUT2D eigenvalue weighted by atomic mass is 9.95. The van der Waals surface area contributed by atoms with Crippen molar-refractivity contribution < 1.29 is 4.79 Å². The van der Waals surface area contributed by atoms with Gasteiger partial charge in [0.15, 0.2) is 6.29 Å². The molecular weight excluding hydrogens is 238 g/mol. The van der Waals surface area contributed by atoms with Crippen molar-refractivity contribution in [2.45, 2.75) is 26.2 Å². The van der Waals surface area contributed by atoms with Gasteiger partial charge in [-0.05, 0) is 18.8 Å². The van der Waals surface area contributed by atoms with Crippen LogP contribution in [0.1, 0.15) is 36.5 Å². The molecular formula is C12H16ClN3O. The maximum absolute atomic E-state index is 11.1. The number of aldehydes is 1. The zero-order valence-corrected chi connectivity index (χ0v) is 10.7. The van der Waals surface area contributed by atoms with E-state index in [0.717, 1.165) is 32.2 Å². The molecule has 1 aliphatic heterocycles. The van der Waals surface area contributed by atoms with E-state index < -0.39 is 0 Å². The van der Waals surface area contributed by atoms with Crippen LogP contribution in [0.2, 0.25) is 5.15 Å². The van der Waals surface area contributed by atoms with Gasteiger partial charge in [-0.2, -0.15) is 0 Å². The smallest absolute Gasteiger partial charge is 0.156 e. The molecule has 0 aromatic carbocycles. The standard InChI is InChI=1S/C12H16ClN3O/c1-2-9-4-3-5-16(6-9)12-10(7-17)11(13)14-8-15-12/h7-9H,2-6H2,1H3. The van der Waals surface area contributed by atoms with E-state index in [2.05, 4.69) is 21.8 Å². The summed E-state index contributed by atoms with van der Waals surface area (Å²) in [6.07, 6.45) is 5.71. The van der Waals surface area contributed by atoms with Crippen molar-refractivity contribution in [1.29, 1.82) is 0 Å². The van der Waals surface area contributed by atoms with Gasteiger partial charge in [0.05, 0.1) is 5.56 Å². The Labute approximate surface area is 106 Å². The first-order chi connectivity index (χ1) is 8.26. The van der Waals surface area contributed by atoms with Crippen LogP contribution in [-0.4, -0.2) is 29.3 Å². The van der Waals surface area contributed by atoms with Crippen LogP contribution in [0.15, 0.2) is 6.33 Å². The number of halogens is 1. The first-order valence-electron chi connectivity index (χ1n) is 5.96. The van der Waals surface area contributed by atoms with Crippen LogP contribution in [0.25, 0.3) is 0 Å². The summed E-state index contributed by atoms with van der Waals surface area (Å²) in [7, 11) is 0. The number of carbonyl (C=O) groups excluding carboxylic acids is 1. The molecule has 2 heterocycles. The van der Waals surface area contributed by atoms with Crippen LogP contribution < -0.4 is 4.90 Å². The molecule has 1 unspecified atom stereocenters. The van der Waals surface area contributed by atoms with E-state index in [1.807, 2.05) is 0 Å². The van der Waals surface area contributed by atoms with Crippen molar-refractivity contribution in [2.24, 2.45) is 5.92 Å². The molecule has 0 saturated carbocycles. The van der Waals surface area contributed by atoms with Crippen LogP contribution in [-0.2, 0) is 0 Å². The Kier molecular flexibility index (Phi) is 3.94. The van der Waals surface area contributed by atoms with Gasteiger partial charge in [0.25, 0.3) is 0 Å². The second-order valence-electron chi connectivity index (χ2n) is 4.38. The SMILES string of the molecule is CCC1CCCN(c2ncnc(Cl)c2C=O)C1. The Bertz CT molecular complexity index is 411. The highest BCUT2D eigenvalue weighted by Gasteiger charge is 2.22. The zero-order valence-electron chi connectivity index (χ0n) is 9.90. The fourth-order valence-electron chi connectivity index (χ4n) is 2.31. The summed E-state index contributed by atoms with van der Waals surface area (Å²) in [6, 6.07) is 0. The Balaban J connectivity index is 2.27. The van der Waals surface area contributed by atoms with E-state index in [0.29, 0.717) is 17.3 Å². The maximum Gasteiger partial charge on any atom is 0.156 e. The quantitative estimate of drug-likeness (QED) is 0.614. The number of piperidine rings is 1. The molecule has 92 valence electrons. The Morgan fingerprint density at radius 3 is 3.12 bits per heavy atom. The number of aromatic nitrogens is 2. The number of hydrogen-bond donors (Lipinski definition) is 0. The third-order valence-electron chi connectivity index (χ3n) is 3.33. The summed E-state index contributed by atoms with van der Waals surface area (Å²) in [4.78, 5) is 21.2. The van der Waals surface area contributed by atoms with Crippen molar-refractivity contribution in [3.05, 3.63) is 17.0 Å². The minimum absolute atomic E-state index is 0.239. The number of carbonyl (C=O) groups is 1. The molecule has 0 amide bonds. The first kappa shape index (κ1) is 12.3. The second kappa shape index (κ2) is 5.45. The van der Waals surface area contributed by atoms with E-state index >= 15 is 0 Å². The van der Waals surface area contributed by atoms with Gasteiger partial charge in [0, 0.05) is 13.1 Å². The topological polar surface area (TPSA) is 46.1 Å². The fourth-order valence-corrected chi connectivity index (χ4v) is 2.48. The lowest BCUT2D eigenvalue weighted by molar-refractivity contribution is 0.112. The van der Waals surface area contributed by atoms with E-state index in [1.165, 1.54) is 12.7 Å². The Hall–Kier alpha value is -1.16. The van der Waals surface area contributed by atoms with Crippen molar-refractivity contribution in [3.8, 4) is 0 Å². The number of nitrogens with zero attached hydrogens (tertiary/aromatic N) is 3. The van der Waals surface area contributed by atoms with Crippen molar-refractivity contribution in [3.63, 3.8) is 0 Å². The van der Waals surface area contributed by atoms with Crippen LogP contribution in [0.4, 0.5) is 5.82 Å². The average Bonchev–Trinajstić information content (AvgIpc) is 2.38. The highest BCUT2D eigenvalue weighted by atomic mass is 35.5. The molecule has 1 aliphatic rings. The number of rotatable bonds is 3. The lowest BCUT2D eigenvalue weighted by Crippen LogP contribution is -2.36. The molecule has 1 fully saturated rings. The molecule has 2 rings (SSSR count). The van der Waals surface area contributed by atoms with Crippen molar-refractivity contribution in [1.82, 2.24) is 9.97 Å². The lowest BCUT2D eigenvalue weighted by Gasteiger charge is -2.33. The summed E-state index contributed by atoms with van der Waals surface area (Å²) in [5, 5.41) is 0.239. The molecule has 0 aliphatic carbocycles. The Morgan fingerprint density at radius 2 is 2.41 bits per heavy atom. The number of hydrogen-bond acceptors (Lipinski definition) is 4. The zero-order chi connectivity index (χ0) is 12.3. The molecule has 1 saturated heterocycles. The van der Waals surface area contributed by atoms with Crippen molar-refractivity contribution in [2.75, 3.05) is 18.0 Å². The van der Waals surface area contributed by atoms with Crippen LogP contribution >= 0.6 is 11.6 Å². The van der Waals surface area contributed by atoms with Gasteiger partial charge in [-0.1, -0.05) is 24.9 Å². The molecule has 0 bridgehead atoms. The Morgan fingerprint density at radius 1 is 1.59 bits per heavy atom. The van der Waals surface area contributed by atoms with Gasteiger partial charge in [-0.15, -0.1) is 0 Å². The third-order valence-corrected chi connectivity index (χ3v) is 3.63. The predicted octanol–water partition coefficient (Wildman–Crippen LogP) is 2.57. The highest BCUT2D eigenvalue weighted by molar-refractivity contribution is 6.32. The first-order valence-corrected chi connectivity index (χ1v) is 6.34. The molecule has 1 atom stereocenters. The minimum atomic E-state index is 0.239. The molecule has 4 nitrogen and oxygen atoms in total. The molecule has 1 aromatic heterocycles. The maximum atomic E-state index is 11.1. The van der Waals surface area contributed by atoms with Crippen molar-refractivity contribution >= 4 is 23.7 Å². The number of anilines is 1. The average molecular weight is 254 g/mol. The van der Waals surface area contributed by atoms with Gasteiger partial charge in [-0.25, -0.2) is 9.97 Å².